The highest BCUT2D eigenvalue weighted by molar-refractivity contribution is 5.53. The normalized spacial score (nSPS) is 10.6. The number of para-hydroxylation sites is 1. The fourth-order valence-electron chi connectivity index (χ4n) is 2.29. The minimum Gasteiger partial charge on any atom is -0.370 e. The van der Waals surface area contributed by atoms with Gasteiger partial charge in [-0.1, -0.05) is 37.3 Å². The molecule has 0 saturated carbocycles. The SMILES string of the molecule is CCNCc1ccccc1N(C)Cc1cccc(F)c1. The summed E-state index contributed by atoms with van der Waals surface area (Å²) in [6.45, 7) is 4.59. The van der Waals surface area contributed by atoms with E-state index in [2.05, 4.69) is 29.3 Å². The van der Waals surface area contributed by atoms with Crippen molar-refractivity contribution in [3.8, 4) is 0 Å². The molecule has 0 bridgehead atoms. The first-order chi connectivity index (χ1) is 9.70. The van der Waals surface area contributed by atoms with Gasteiger partial charge in [0.15, 0.2) is 0 Å². The third kappa shape index (κ3) is 3.81. The molecule has 2 aromatic rings. The summed E-state index contributed by atoms with van der Waals surface area (Å²) >= 11 is 0. The molecule has 106 valence electrons. The molecule has 0 aromatic heterocycles. The largest absolute Gasteiger partial charge is 0.370 e. The zero-order valence-electron chi connectivity index (χ0n) is 12.1. The molecule has 0 aliphatic rings. The Morgan fingerprint density at radius 2 is 1.90 bits per heavy atom. The molecule has 0 aliphatic carbocycles. The molecule has 2 aromatic carbocycles. The lowest BCUT2D eigenvalue weighted by Crippen LogP contribution is -2.20. The summed E-state index contributed by atoms with van der Waals surface area (Å²) in [5.74, 6) is -0.183. The van der Waals surface area contributed by atoms with E-state index in [4.69, 9.17) is 0 Å². The van der Waals surface area contributed by atoms with Crippen LogP contribution in [-0.4, -0.2) is 13.6 Å². The van der Waals surface area contributed by atoms with E-state index >= 15 is 0 Å². The Morgan fingerprint density at radius 1 is 1.10 bits per heavy atom. The standard InChI is InChI=1S/C17H21FN2/c1-3-19-12-15-8-4-5-10-17(15)20(2)13-14-7-6-9-16(18)11-14/h4-11,19H,3,12-13H2,1-2H3. The highest BCUT2D eigenvalue weighted by Gasteiger charge is 2.07. The summed E-state index contributed by atoms with van der Waals surface area (Å²) < 4.78 is 13.2. The van der Waals surface area contributed by atoms with Crippen LogP contribution in [-0.2, 0) is 13.1 Å². The number of rotatable bonds is 6. The minimum atomic E-state index is -0.183. The Morgan fingerprint density at radius 3 is 2.65 bits per heavy atom. The average Bonchev–Trinajstić information content (AvgIpc) is 2.45. The Hall–Kier alpha value is -1.87. The Kier molecular flexibility index (Phi) is 5.13. The summed E-state index contributed by atoms with van der Waals surface area (Å²) in [5, 5.41) is 3.35. The molecule has 0 amide bonds. The maximum Gasteiger partial charge on any atom is 0.123 e. The number of halogens is 1. The highest BCUT2D eigenvalue weighted by atomic mass is 19.1. The summed E-state index contributed by atoms with van der Waals surface area (Å²) in [5.41, 5.74) is 3.41. The zero-order chi connectivity index (χ0) is 14.4. The molecule has 0 heterocycles. The maximum absolute atomic E-state index is 13.2. The van der Waals surface area contributed by atoms with Crippen LogP contribution < -0.4 is 10.2 Å². The third-order valence-electron chi connectivity index (χ3n) is 3.28. The molecule has 2 nitrogen and oxygen atoms in total. The second-order valence-corrected chi connectivity index (χ2v) is 4.90. The Labute approximate surface area is 120 Å². The minimum absolute atomic E-state index is 0.183. The van der Waals surface area contributed by atoms with Crippen LogP contribution in [0, 0.1) is 5.82 Å². The van der Waals surface area contributed by atoms with E-state index in [0.717, 1.165) is 18.7 Å². The van der Waals surface area contributed by atoms with E-state index in [1.54, 1.807) is 12.1 Å². The topological polar surface area (TPSA) is 15.3 Å². The predicted molar refractivity (Wildman–Crippen MR) is 82.3 cm³/mol. The number of hydrogen-bond donors (Lipinski definition) is 1. The molecule has 0 radical (unpaired) electrons. The second kappa shape index (κ2) is 7.06. The van der Waals surface area contributed by atoms with Crippen LogP contribution in [0.4, 0.5) is 10.1 Å². The fraction of sp³-hybridized carbons (Fsp3) is 0.294. The van der Waals surface area contributed by atoms with Gasteiger partial charge in [0.1, 0.15) is 5.82 Å². The van der Waals surface area contributed by atoms with Crippen LogP contribution in [0.1, 0.15) is 18.1 Å². The van der Waals surface area contributed by atoms with Crippen molar-refractivity contribution in [3.05, 3.63) is 65.5 Å². The van der Waals surface area contributed by atoms with Gasteiger partial charge in [0, 0.05) is 25.8 Å². The van der Waals surface area contributed by atoms with Gasteiger partial charge >= 0.3 is 0 Å². The predicted octanol–water partition coefficient (Wildman–Crippen LogP) is 3.57. The monoisotopic (exact) mass is 272 g/mol. The second-order valence-electron chi connectivity index (χ2n) is 4.90. The average molecular weight is 272 g/mol. The molecule has 1 N–H and O–H groups in total. The third-order valence-corrected chi connectivity index (χ3v) is 3.28. The molecule has 20 heavy (non-hydrogen) atoms. The Bertz CT molecular complexity index is 554. The lowest BCUT2D eigenvalue weighted by Gasteiger charge is -2.23. The molecule has 0 fully saturated rings. The number of hydrogen-bond acceptors (Lipinski definition) is 2. The molecular weight excluding hydrogens is 251 g/mol. The van der Waals surface area contributed by atoms with Gasteiger partial charge in [-0.2, -0.15) is 0 Å². The quantitative estimate of drug-likeness (QED) is 0.865. The van der Waals surface area contributed by atoms with Crippen molar-refractivity contribution in [2.45, 2.75) is 20.0 Å². The van der Waals surface area contributed by atoms with Gasteiger partial charge in [-0.3, -0.25) is 0 Å². The van der Waals surface area contributed by atoms with Gasteiger partial charge in [-0.15, -0.1) is 0 Å². The van der Waals surface area contributed by atoms with Gasteiger partial charge in [-0.25, -0.2) is 4.39 Å². The van der Waals surface area contributed by atoms with Crippen molar-refractivity contribution in [1.82, 2.24) is 5.32 Å². The van der Waals surface area contributed by atoms with E-state index < -0.39 is 0 Å². The van der Waals surface area contributed by atoms with Crippen molar-refractivity contribution in [1.29, 1.82) is 0 Å². The van der Waals surface area contributed by atoms with E-state index in [9.17, 15) is 4.39 Å². The van der Waals surface area contributed by atoms with Crippen molar-refractivity contribution in [3.63, 3.8) is 0 Å². The maximum atomic E-state index is 13.2. The van der Waals surface area contributed by atoms with E-state index in [0.29, 0.717) is 6.54 Å². The molecule has 0 atom stereocenters. The zero-order valence-corrected chi connectivity index (χ0v) is 12.1. The lowest BCUT2D eigenvalue weighted by atomic mass is 10.1. The van der Waals surface area contributed by atoms with E-state index in [1.807, 2.05) is 25.2 Å². The van der Waals surface area contributed by atoms with Gasteiger partial charge in [0.25, 0.3) is 0 Å². The van der Waals surface area contributed by atoms with Crippen LogP contribution in [0.3, 0.4) is 0 Å². The van der Waals surface area contributed by atoms with Gasteiger partial charge in [0.05, 0.1) is 0 Å². The molecular formula is C17H21FN2. The van der Waals surface area contributed by atoms with Crippen molar-refractivity contribution < 1.29 is 4.39 Å². The summed E-state index contributed by atoms with van der Waals surface area (Å²) in [4.78, 5) is 2.15. The number of nitrogens with one attached hydrogen (secondary N) is 1. The van der Waals surface area contributed by atoms with Gasteiger partial charge in [-0.05, 0) is 35.9 Å². The summed E-state index contributed by atoms with van der Waals surface area (Å²) in [6, 6.07) is 15.1. The molecule has 2 rings (SSSR count). The number of benzene rings is 2. The number of nitrogens with zero attached hydrogens (tertiary/aromatic N) is 1. The summed E-state index contributed by atoms with van der Waals surface area (Å²) in [6.07, 6.45) is 0. The van der Waals surface area contributed by atoms with Gasteiger partial charge in [0.2, 0.25) is 0 Å². The van der Waals surface area contributed by atoms with Crippen LogP contribution >= 0.6 is 0 Å². The first kappa shape index (κ1) is 14.5. The van der Waals surface area contributed by atoms with Crippen molar-refractivity contribution in [2.24, 2.45) is 0 Å². The first-order valence-corrected chi connectivity index (χ1v) is 6.95. The Balaban J connectivity index is 2.14. The fourth-order valence-corrected chi connectivity index (χ4v) is 2.29. The molecule has 3 heteroatoms. The molecule has 0 spiro atoms. The molecule has 0 unspecified atom stereocenters. The van der Waals surface area contributed by atoms with Crippen LogP contribution in [0.15, 0.2) is 48.5 Å². The molecule has 0 aliphatic heterocycles. The van der Waals surface area contributed by atoms with Gasteiger partial charge < -0.3 is 10.2 Å². The lowest BCUT2D eigenvalue weighted by molar-refractivity contribution is 0.625. The van der Waals surface area contributed by atoms with Crippen LogP contribution in [0.25, 0.3) is 0 Å². The van der Waals surface area contributed by atoms with Crippen LogP contribution in [0.2, 0.25) is 0 Å². The highest BCUT2D eigenvalue weighted by Crippen LogP contribution is 2.21. The molecule has 0 saturated heterocycles. The van der Waals surface area contributed by atoms with Crippen LogP contribution in [0.5, 0.6) is 0 Å². The van der Waals surface area contributed by atoms with Crippen molar-refractivity contribution >= 4 is 5.69 Å². The smallest absolute Gasteiger partial charge is 0.123 e. The van der Waals surface area contributed by atoms with E-state index in [1.165, 1.54) is 17.3 Å². The first-order valence-electron chi connectivity index (χ1n) is 6.95. The number of anilines is 1. The summed E-state index contributed by atoms with van der Waals surface area (Å²) in [7, 11) is 2.04. The van der Waals surface area contributed by atoms with Crippen molar-refractivity contribution in [2.75, 3.05) is 18.5 Å². The van der Waals surface area contributed by atoms with E-state index in [-0.39, 0.29) is 5.82 Å².